The van der Waals surface area contributed by atoms with E-state index in [0.717, 1.165) is 22.7 Å². The second-order valence-electron chi connectivity index (χ2n) is 5.97. The molecule has 124 valence electrons. The summed E-state index contributed by atoms with van der Waals surface area (Å²) in [5.41, 5.74) is 1.46. The van der Waals surface area contributed by atoms with Crippen molar-refractivity contribution < 1.29 is 23.1 Å². The number of nitrogens with zero attached hydrogens (tertiary/aromatic N) is 2. The van der Waals surface area contributed by atoms with Crippen molar-refractivity contribution in [2.75, 3.05) is 20.3 Å². The molecule has 1 fully saturated rings. The molecule has 0 atom stereocenters. The van der Waals surface area contributed by atoms with E-state index >= 15 is 0 Å². The number of carbonyl (C=O) groups excluding carboxylic acids is 1. The Kier molecular flexibility index (Phi) is 3.89. The Hall–Kier alpha value is -1.93. The number of likely N-dealkylation sites (N-methyl/N-ethyl adjacent to an activating group) is 1. The average molecular weight is 338 g/mol. The van der Waals surface area contributed by atoms with Crippen molar-refractivity contribution >= 4 is 21.9 Å². The number of hydrogen-bond donors (Lipinski definition) is 1. The highest BCUT2D eigenvalue weighted by molar-refractivity contribution is 7.89. The molecule has 7 nitrogen and oxygen atoms in total. The molecule has 2 aliphatic rings. The van der Waals surface area contributed by atoms with E-state index in [4.69, 9.17) is 0 Å². The van der Waals surface area contributed by atoms with Crippen LogP contribution < -0.4 is 0 Å². The van der Waals surface area contributed by atoms with Crippen LogP contribution >= 0.6 is 0 Å². The predicted molar refractivity (Wildman–Crippen MR) is 81.6 cm³/mol. The molecular formula is C15H18N2O5S. The van der Waals surface area contributed by atoms with Crippen molar-refractivity contribution in [2.45, 2.75) is 30.6 Å². The van der Waals surface area contributed by atoms with Gasteiger partial charge in [0.25, 0.3) is 0 Å². The lowest BCUT2D eigenvalue weighted by atomic mass is 9.90. The lowest BCUT2D eigenvalue weighted by Crippen LogP contribution is -2.31. The Morgan fingerprint density at radius 3 is 2.52 bits per heavy atom. The predicted octanol–water partition coefficient (Wildman–Crippen LogP) is 0.684. The summed E-state index contributed by atoms with van der Waals surface area (Å²) < 4.78 is 27.0. The van der Waals surface area contributed by atoms with Gasteiger partial charge in [-0.2, -0.15) is 4.31 Å². The molecule has 1 N–H and O–H groups in total. The van der Waals surface area contributed by atoms with Crippen molar-refractivity contribution in [3.8, 4) is 0 Å². The van der Waals surface area contributed by atoms with Crippen LogP contribution in [-0.2, 0) is 27.7 Å². The van der Waals surface area contributed by atoms with Gasteiger partial charge in [0.1, 0.15) is 0 Å². The van der Waals surface area contributed by atoms with Crippen molar-refractivity contribution in [3.63, 3.8) is 0 Å². The molecule has 0 bridgehead atoms. The number of carboxylic acids is 1. The zero-order chi connectivity index (χ0) is 16.8. The zero-order valence-electron chi connectivity index (χ0n) is 12.8. The largest absolute Gasteiger partial charge is 0.478 e. The molecule has 1 saturated heterocycles. The van der Waals surface area contributed by atoms with Gasteiger partial charge >= 0.3 is 5.97 Å². The third kappa shape index (κ3) is 2.72. The fourth-order valence-electron chi connectivity index (χ4n) is 3.12. The number of rotatable bonds is 3. The van der Waals surface area contributed by atoms with Crippen LogP contribution in [0.5, 0.6) is 0 Å². The minimum absolute atomic E-state index is 0.00671. The third-order valence-electron chi connectivity index (χ3n) is 4.40. The second kappa shape index (κ2) is 5.61. The number of carboxylic acid groups (broad SMARTS) is 1. The molecule has 0 radical (unpaired) electrons. The topological polar surface area (TPSA) is 95.0 Å². The maximum absolute atomic E-state index is 12.9. The highest BCUT2D eigenvalue weighted by Gasteiger charge is 2.37. The van der Waals surface area contributed by atoms with E-state index in [1.165, 1.54) is 11.0 Å². The van der Waals surface area contributed by atoms with Crippen LogP contribution in [-0.4, -0.2) is 54.9 Å². The molecule has 3 rings (SSSR count). The fraction of sp³-hybridized carbons (Fsp3) is 0.467. The monoisotopic (exact) mass is 338 g/mol. The van der Waals surface area contributed by atoms with Crippen LogP contribution in [0.15, 0.2) is 17.0 Å². The first kappa shape index (κ1) is 15.9. The van der Waals surface area contributed by atoms with E-state index in [1.54, 1.807) is 13.1 Å². The summed E-state index contributed by atoms with van der Waals surface area (Å²) in [4.78, 5) is 24.3. The molecule has 1 amide bonds. The first-order valence-electron chi connectivity index (χ1n) is 7.44. The third-order valence-corrected chi connectivity index (χ3v) is 6.24. The van der Waals surface area contributed by atoms with E-state index in [0.29, 0.717) is 18.4 Å². The van der Waals surface area contributed by atoms with Crippen LogP contribution in [0, 0.1) is 0 Å². The molecule has 23 heavy (non-hydrogen) atoms. The number of amides is 1. The van der Waals surface area contributed by atoms with Crippen molar-refractivity contribution in [1.29, 1.82) is 0 Å². The summed E-state index contributed by atoms with van der Waals surface area (Å²) in [6.45, 7) is -0.210. The van der Waals surface area contributed by atoms with Crippen molar-refractivity contribution in [2.24, 2.45) is 0 Å². The first-order chi connectivity index (χ1) is 10.8. The van der Waals surface area contributed by atoms with Gasteiger partial charge < -0.3 is 10.0 Å². The molecule has 1 heterocycles. The number of hydrogen-bond acceptors (Lipinski definition) is 4. The van der Waals surface area contributed by atoms with Gasteiger partial charge in [-0.1, -0.05) is 0 Å². The minimum atomic E-state index is -3.89. The average Bonchev–Trinajstić information content (AvgIpc) is 2.86. The SMILES string of the molecule is CN1CN(S(=O)(=O)c2cc(C(=O)O)cc3c2CCCC3)CC1=O. The molecule has 0 aromatic heterocycles. The Morgan fingerprint density at radius 2 is 1.91 bits per heavy atom. The summed E-state index contributed by atoms with van der Waals surface area (Å²) in [5, 5.41) is 9.26. The van der Waals surface area contributed by atoms with E-state index in [2.05, 4.69) is 0 Å². The van der Waals surface area contributed by atoms with Gasteiger partial charge in [-0.05, 0) is 48.9 Å². The van der Waals surface area contributed by atoms with Crippen LogP contribution in [0.1, 0.15) is 34.3 Å². The van der Waals surface area contributed by atoms with Crippen LogP contribution in [0.25, 0.3) is 0 Å². The molecule has 8 heteroatoms. The number of carbonyl (C=O) groups is 2. The normalized spacial score (nSPS) is 19.0. The van der Waals surface area contributed by atoms with Gasteiger partial charge in [0.15, 0.2) is 0 Å². The van der Waals surface area contributed by atoms with E-state index in [1.807, 2.05) is 0 Å². The van der Waals surface area contributed by atoms with E-state index in [9.17, 15) is 23.1 Å². The Bertz CT molecular complexity index is 787. The van der Waals surface area contributed by atoms with Gasteiger partial charge in [0.05, 0.1) is 23.7 Å². The standard InChI is InChI=1S/C15H18N2O5S/c1-16-9-17(8-14(16)18)23(21,22)13-7-11(15(19)20)6-10-4-2-3-5-12(10)13/h6-7H,2-5,8-9H2,1H3,(H,19,20). The first-order valence-corrected chi connectivity index (χ1v) is 8.88. The Balaban J connectivity index is 2.12. The van der Waals surface area contributed by atoms with Crippen molar-refractivity contribution in [3.05, 3.63) is 28.8 Å². The van der Waals surface area contributed by atoms with Crippen LogP contribution in [0.3, 0.4) is 0 Å². The lowest BCUT2D eigenvalue weighted by molar-refractivity contribution is -0.125. The molecule has 1 aliphatic carbocycles. The maximum atomic E-state index is 12.9. The second-order valence-corrected chi connectivity index (χ2v) is 7.88. The summed E-state index contributed by atoms with van der Waals surface area (Å²) in [6.07, 6.45) is 3.08. The molecule has 0 spiro atoms. The van der Waals surface area contributed by atoms with E-state index in [-0.39, 0.29) is 29.6 Å². The Morgan fingerprint density at radius 1 is 1.22 bits per heavy atom. The Labute approximate surface area is 134 Å². The molecule has 0 unspecified atom stereocenters. The molecule has 1 aromatic rings. The molecule has 1 aromatic carbocycles. The number of benzene rings is 1. The summed E-state index contributed by atoms with van der Waals surface area (Å²) in [5.74, 6) is -1.42. The van der Waals surface area contributed by atoms with Gasteiger partial charge in [0, 0.05) is 7.05 Å². The van der Waals surface area contributed by atoms with Crippen LogP contribution in [0.2, 0.25) is 0 Å². The summed E-state index contributed by atoms with van der Waals surface area (Å²) >= 11 is 0. The van der Waals surface area contributed by atoms with Crippen molar-refractivity contribution in [1.82, 2.24) is 9.21 Å². The van der Waals surface area contributed by atoms with Gasteiger partial charge in [-0.3, -0.25) is 4.79 Å². The summed E-state index contributed by atoms with van der Waals surface area (Å²) in [6, 6.07) is 2.79. The number of aryl methyl sites for hydroxylation is 1. The quantitative estimate of drug-likeness (QED) is 0.875. The zero-order valence-corrected chi connectivity index (χ0v) is 13.6. The van der Waals surface area contributed by atoms with Gasteiger partial charge in [-0.25, -0.2) is 13.2 Å². The minimum Gasteiger partial charge on any atom is -0.478 e. The molecule has 0 saturated carbocycles. The maximum Gasteiger partial charge on any atom is 0.335 e. The highest BCUT2D eigenvalue weighted by Crippen LogP contribution is 2.31. The number of aromatic carboxylic acids is 1. The van der Waals surface area contributed by atoms with E-state index < -0.39 is 16.0 Å². The number of sulfonamides is 1. The molecule has 1 aliphatic heterocycles. The smallest absolute Gasteiger partial charge is 0.335 e. The summed E-state index contributed by atoms with van der Waals surface area (Å²) in [7, 11) is -2.35. The van der Waals surface area contributed by atoms with Gasteiger partial charge in [-0.15, -0.1) is 0 Å². The van der Waals surface area contributed by atoms with Gasteiger partial charge in [0.2, 0.25) is 15.9 Å². The van der Waals surface area contributed by atoms with Crippen LogP contribution in [0.4, 0.5) is 0 Å². The lowest BCUT2D eigenvalue weighted by Gasteiger charge is -2.23. The highest BCUT2D eigenvalue weighted by atomic mass is 32.2. The fourth-order valence-corrected chi connectivity index (χ4v) is 4.82. The molecular weight excluding hydrogens is 320 g/mol. The number of fused-ring (bicyclic) bond motifs is 1.